The van der Waals surface area contributed by atoms with Gasteiger partial charge >= 0.3 is 0 Å². The fraction of sp³-hybridized carbons (Fsp3) is 0.455. The van der Waals surface area contributed by atoms with E-state index in [9.17, 15) is 4.39 Å². The van der Waals surface area contributed by atoms with Crippen LogP contribution < -0.4 is 10.5 Å². The number of rotatable bonds is 4. The molecule has 1 saturated carbocycles. The third kappa shape index (κ3) is 2.23. The summed E-state index contributed by atoms with van der Waals surface area (Å²) in [6.45, 7) is 0.497. The van der Waals surface area contributed by atoms with Crippen LogP contribution in [0.4, 0.5) is 4.39 Å². The molecule has 1 aliphatic rings. The zero-order valence-electron chi connectivity index (χ0n) is 8.00. The second-order valence-corrected chi connectivity index (χ2v) is 3.89. The molecule has 14 heavy (non-hydrogen) atoms. The molecule has 1 aliphatic carbocycles. The molecule has 76 valence electrons. The number of para-hydroxylation sites is 1. The van der Waals surface area contributed by atoms with E-state index in [0.29, 0.717) is 12.4 Å². The molecule has 2 N–H and O–H groups in total. The highest BCUT2D eigenvalue weighted by Crippen LogP contribution is 2.35. The lowest BCUT2D eigenvalue weighted by Gasteiger charge is -2.10. The third-order valence-electron chi connectivity index (χ3n) is 2.59. The van der Waals surface area contributed by atoms with Crippen molar-refractivity contribution in [2.24, 2.45) is 5.73 Å². The van der Waals surface area contributed by atoms with Crippen molar-refractivity contribution in [2.45, 2.75) is 24.8 Å². The minimum absolute atomic E-state index is 0.0226. The summed E-state index contributed by atoms with van der Waals surface area (Å²) in [5.74, 6) is 0.00567. The van der Waals surface area contributed by atoms with Crippen LogP contribution in [-0.4, -0.2) is 12.1 Å². The van der Waals surface area contributed by atoms with Crippen LogP contribution in [0, 0.1) is 5.82 Å². The third-order valence-corrected chi connectivity index (χ3v) is 2.59. The van der Waals surface area contributed by atoms with E-state index in [1.807, 2.05) is 0 Å². The lowest BCUT2D eigenvalue weighted by Crippen LogP contribution is -2.24. The van der Waals surface area contributed by atoms with Gasteiger partial charge in [0.1, 0.15) is 0 Å². The fourth-order valence-corrected chi connectivity index (χ4v) is 1.34. The molecule has 2 rings (SSSR count). The Labute approximate surface area is 82.9 Å². The molecule has 1 aromatic rings. The summed E-state index contributed by atoms with van der Waals surface area (Å²) in [6, 6.07) is 6.43. The Morgan fingerprint density at radius 2 is 2.07 bits per heavy atom. The molecule has 0 atom stereocenters. The van der Waals surface area contributed by atoms with Crippen LogP contribution in [0.15, 0.2) is 24.3 Å². The van der Waals surface area contributed by atoms with E-state index in [2.05, 4.69) is 0 Å². The lowest BCUT2D eigenvalue weighted by molar-refractivity contribution is 0.280. The van der Waals surface area contributed by atoms with Crippen molar-refractivity contribution in [3.05, 3.63) is 30.1 Å². The summed E-state index contributed by atoms with van der Waals surface area (Å²) in [7, 11) is 0. The minimum atomic E-state index is -0.311. The Morgan fingerprint density at radius 1 is 1.36 bits per heavy atom. The quantitative estimate of drug-likeness (QED) is 0.798. The molecule has 0 bridgehead atoms. The molecule has 1 fully saturated rings. The fourth-order valence-electron chi connectivity index (χ4n) is 1.34. The van der Waals surface area contributed by atoms with E-state index < -0.39 is 0 Å². The molecule has 3 heteroatoms. The minimum Gasteiger partial charge on any atom is -0.490 e. The van der Waals surface area contributed by atoms with Gasteiger partial charge in [-0.15, -0.1) is 0 Å². The summed E-state index contributed by atoms with van der Waals surface area (Å²) in [6.07, 6.45) is 2.93. The predicted octanol–water partition coefficient (Wildman–Crippen LogP) is 2.09. The summed E-state index contributed by atoms with van der Waals surface area (Å²) < 4.78 is 18.4. The second-order valence-electron chi connectivity index (χ2n) is 3.89. The Balaban J connectivity index is 1.83. The van der Waals surface area contributed by atoms with Gasteiger partial charge in [0.15, 0.2) is 11.6 Å². The molecular formula is C11H14FNO. The van der Waals surface area contributed by atoms with Gasteiger partial charge in [-0.1, -0.05) is 12.1 Å². The van der Waals surface area contributed by atoms with Crippen LogP contribution in [0.3, 0.4) is 0 Å². The predicted molar refractivity (Wildman–Crippen MR) is 52.7 cm³/mol. The van der Waals surface area contributed by atoms with Crippen molar-refractivity contribution in [2.75, 3.05) is 6.61 Å². The average Bonchev–Trinajstić information content (AvgIpc) is 2.88. The molecule has 0 amide bonds. The maximum atomic E-state index is 13.1. The van der Waals surface area contributed by atoms with Crippen molar-refractivity contribution in [3.63, 3.8) is 0 Å². The monoisotopic (exact) mass is 195 g/mol. The van der Waals surface area contributed by atoms with Gasteiger partial charge in [-0.3, -0.25) is 0 Å². The van der Waals surface area contributed by atoms with E-state index in [1.54, 1.807) is 18.2 Å². The number of halogens is 1. The first-order chi connectivity index (χ1) is 6.70. The summed E-state index contributed by atoms with van der Waals surface area (Å²) >= 11 is 0. The van der Waals surface area contributed by atoms with E-state index in [-0.39, 0.29) is 11.4 Å². The molecule has 0 spiro atoms. The SMILES string of the molecule is NC1(CCOc2ccccc2F)CC1. The highest BCUT2D eigenvalue weighted by molar-refractivity contribution is 5.23. The van der Waals surface area contributed by atoms with Gasteiger partial charge in [-0.25, -0.2) is 4.39 Å². The highest BCUT2D eigenvalue weighted by atomic mass is 19.1. The van der Waals surface area contributed by atoms with Crippen molar-refractivity contribution >= 4 is 0 Å². The standard InChI is InChI=1S/C11H14FNO/c12-9-3-1-2-4-10(9)14-8-7-11(13)5-6-11/h1-4H,5-8,13H2. The van der Waals surface area contributed by atoms with Gasteiger partial charge in [-0.05, 0) is 31.4 Å². The highest BCUT2D eigenvalue weighted by Gasteiger charge is 2.37. The van der Waals surface area contributed by atoms with E-state index in [0.717, 1.165) is 19.3 Å². The average molecular weight is 195 g/mol. The molecule has 0 aromatic heterocycles. The number of hydrogen-bond acceptors (Lipinski definition) is 2. The largest absolute Gasteiger partial charge is 0.490 e. The Morgan fingerprint density at radius 3 is 2.71 bits per heavy atom. The van der Waals surface area contributed by atoms with Crippen molar-refractivity contribution in [1.29, 1.82) is 0 Å². The van der Waals surface area contributed by atoms with Crippen LogP contribution in [0.5, 0.6) is 5.75 Å². The smallest absolute Gasteiger partial charge is 0.165 e. The molecule has 0 aliphatic heterocycles. The van der Waals surface area contributed by atoms with Gasteiger partial charge in [0, 0.05) is 5.54 Å². The maximum absolute atomic E-state index is 13.1. The zero-order chi connectivity index (χ0) is 10.0. The first-order valence-electron chi connectivity index (χ1n) is 4.86. The van der Waals surface area contributed by atoms with Gasteiger partial charge in [0.05, 0.1) is 6.61 Å². The molecule has 0 unspecified atom stereocenters. The van der Waals surface area contributed by atoms with Crippen molar-refractivity contribution in [1.82, 2.24) is 0 Å². The number of ether oxygens (including phenoxy) is 1. The number of nitrogens with two attached hydrogens (primary N) is 1. The summed E-state index contributed by atoms with van der Waals surface area (Å²) in [5.41, 5.74) is 5.85. The van der Waals surface area contributed by atoms with Crippen LogP contribution in [-0.2, 0) is 0 Å². The molecule has 0 heterocycles. The first-order valence-corrected chi connectivity index (χ1v) is 4.86. The van der Waals surface area contributed by atoms with Crippen LogP contribution >= 0.6 is 0 Å². The van der Waals surface area contributed by atoms with Gasteiger partial charge in [0.2, 0.25) is 0 Å². The molecular weight excluding hydrogens is 181 g/mol. The van der Waals surface area contributed by atoms with Crippen LogP contribution in [0.1, 0.15) is 19.3 Å². The van der Waals surface area contributed by atoms with Crippen molar-refractivity contribution in [3.8, 4) is 5.75 Å². The molecule has 0 radical (unpaired) electrons. The molecule has 0 saturated heterocycles. The van der Waals surface area contributed by atoms with Gasteiger partial charge in [-0.2, -0.15) is 0 Å². The molecule has 2 nitrogen and oxygen atoms in total. The summed E-state index contributed by atoms with van der Waals surface area (Å²) in [4.78, 5) is 0. The number of benzene rings is 1. The summed E-state index contributed by atoms with van der Waals surface area (Å²) in [5, 5.41) is 0. The van der Waals surface area contributed by atoms with Crippen LogP contribution in [0.25, 0.3) is 0 Å². The van der Waals surface area contributed by atoms with Crippen LogP contribution in [0.2, 0.25) is 0 Å². The van der Waals surface area contributed by atoms with E-state index in [4.69, 9.17) is 10.5 Å². The Kier molecular flexibility index (Phi) is 2.42. The lowest BCUT2D eigenvalue weighted by atomic mass is 10.2. The molecule has 1 aromatic carbocycles. The maximum Gasteiger partial charge on any atom is 0.165 e. The van der Waals surface area contributed by atoms with E-state index >= 15 is 0 Å². The topological polar surface area (TPSA) is 35.2 Å². The second kappa shape index (κ2) is 3.58. The Hall–Kier alpha value is -1.09. The Bertz CT molecular complexity index is 323. The van der Waals surface area contributed by atoms with Gasteiger partial charge in [0.25, 0.3) is 0 Å². The first kappa shape index (κ1) is 9.46. The van der Waals surface area contributed by atoms with Crippen molar-refractivity contribution < 1.29 is 9.13 Å². The normalized spacial score (nSPS) is 17.9. The zero-order valence-corrected chi connectivity index (χ0v) is 8.00. The van der Waals surface area contributed by atoms with Gasteiger partial charge < -0.3 is 10.5 Å². The number of hydrogen-bond donors (Lipinski definition) is 1. The van der Waals surface area contributed by atoms with E-state index in [1.165, 1.54) is 6.07 Å².